The van der Waals surface area contributed by atoms with Crippen LogP contribution in [0.5, 0.6) is 0 Å². The standard InChI is InChI=1S/C14H20N2O3/c15-13(11-7-3-1-4-8-11)14(19)16-10-6-2-5-9-12(17)18/h1,3-4,7-8,13H,2,5-6,9-10,15H2,(H,16,19)(H,17,18). The molecule has 1 amide bonds. The lowest BCUT2D eigenvalue weighted by atomic mass is 10.1. The van der Waals surface area contributed by atoms with Gasteiger partial charge in [0.25, 0.3) is 0 Å². The van der Waals surface area contributed by atoms with E-state index in [1.807, 2.05) is 30.3 Å². The zero-order valence-electron chi connectivity index (χ0n) is 10.8. The fourth-order valence-corrected chi connectivity index (χ4v) is 1.71. The maximum Gasteiger partial charge on any atom is 0.303 e. The van der Waals surface area contributed by atoms with Crippen molar-refractivity contribution in [3.8, 4) is 0 Å². The molecule has 19 heavy (non-hydrogen) atoms. The predicted octanol–water partition coefficient (Wildman–Crippen LogP) is 1.45. The Hall–Kier alpha value is -1.88. The predicted molar refractivity (Wildman–Crippen MR) is 72.5 cm³/mol. The van der Waals surface area contributed by atoms with Crippen molar-refractivity contribution >= 4 is 11.9 Å². The number of aliphatic carboxylic acids is 1. The van der Waals surface area contributed by atoms with Crippen LogP contribution in [0.25, 0.3) is 0 Å². The van der Waals surface area contributed by atoms with Gasteiger partial charge in [-0.1, -0.05) is 36.8 Å². The summed E-state index contributed by atoms with van der Waals surface area (Å²) in [5, 5.41) is 11.2. The van der Waals surface area contributed by atoms with Crippen LogP contribution < -0.4 is 11.1 Å². The molecule has 0 radical (unpaired) electrons. The lowest BCUT2D eigenvalue weighted by Crippen LogP contribution is -2.34. The summed E-state index contributed by atoms with van der Waals surface area (Å²) >= 11 is 0. The van der Waals surface area contributed by atoms with E-state index in [9.17, 15) is 9.59 Å². The molecule has 0 aromatic heterocycles. The minimum absolute atomic E-state index is 0.178. The van der Waals surface area contributed by atoms with E-state index >= 15 is 0 Å². The zero-order valence-corrected chi connectivity index (χ0v) is 10.8. The molecule has 5 nitrogen and oxygen atoms in total. The van der Waals surface area contributed by atoms with Gasteiger partial charge in [-0.05, 0) is 18.4 Å². The highest BCUT2D eigenvalue weighted by Crippen LogP contribution is 2.09. The topological polar surface area (TPSA) is 92.4 Å². The average Bonchev–Trinajstić information content (AvgIpc) is 2.42. The van der Waals surface area contributed by atoms with Crippen molar-refractivity contribution in [1.29, 1.82) is 0 Å². The van der Waals surface area contributed by atoms with Gasteiger partial charge in [-0.15, -0.1) is 0 Å². The summed E-state index contributed by atoms with van der Waals surface area (Å²) in [4.78, 5) is 22.1. The molecule has 0 aliphatic rings. The lowest BCUT2D eigenvalue weighted by Gasteiger charge is -2.12. The van der Waals surface area contributed by atoms with Gasteiger partial charge < -0.3 is 16.2 Å². The van der Waals surface area contributed by atoms with E-state index in [-0.39, 0.29) is 12.3 Å². The summed E-state index contributed by atoms with van der Waals surface area (Å²) in [5.74, 6) is -0.987. The zero-order chi connectivity index (χ0) is 14.1. The Morgan fingerprint density at radius 2 is 1.84 bits per heavy atom. The molecule has 4 N–H and O–H groups in total. The molecule has 1 unspecified atom stereocenters. The van der Waals surface area contributed by atoms with Crippen molar-refractivity contribution in [3.05, 3.63) is 35.9 Å². The number of nitrogens with two attached hydrogens (primary N) is 1. The van der Waals surface area contributed by atoms with E-state index < -0.39 is 12.0 Å². The molecule has 104 valence electrons. The van der Waals surface area contributed by atoms with Gasteiger partial charge in [0.05, 0.1) is 0 Å². The molecule has 0 saturated heterocycles. The first-order chi connectivity index (χ1) is 9.11. The maximum absolute atomic E-state index is 11.8. The van der Waals surface area contributed by atoms with E-state index in [2.05, 4.69) is 5.32 Å². The van der Waals surface area contributed by atoms with E-state index in [1.54, 1.807) is 0 Å². The monoisotopic (exact) mass is 264 g/mol. The molecule has 0 heterocycles. The van der Waals surface area contributed by atoms with Crippen LogP contribution in [0.15, 0.2) is 30.3 Å². The van der Waals surface area contributed by atoms with Crippen LogP contribution in [0.4, 0.5) is 0 Å². The Morgan fingerprint density at radius 1 is 1.16 bits per heavy atom. The third-order valence-electron chi connectivity index (χ3n) is 2.81. The van der Waals surface area contributed by atoms with E-state index in [0.717, 1.165) is 18.4 Å². The highest BCUT2D eigenvalue weighted by molar-refractivity contribution is 5.82. The van der Waals surface area contributed by atoms with Crippen molar-refractivity contribution in [2.45, 2.75) is 31.7 Å². The van der Waals surface area contributed by atoms with Gasteiger partial charge in [0.15, 0.2) is 0 Å². The van der Waals surface area contributed by atoms with Crippen LogP contribution in [0, 0.1) is 0 Å². The first-order valence-corrected chi connectivity index (χ1v) is 6.41. The maximum atomic E-state index is 11.8. The molecule has 0 bridgehead atoms. The molecule has 0 aliphatic carbocycles. The Bertz CT molecular complexity index is 406. The molecule has 1 aromatic rings. The second-order valence-electron chi connectivity index (χ2n) is 4.38. The number of hydrogen-bond donors (Lipinski definition) is 3. The number of benzene rings is 1. The highest BCUT2D eigenvalue weighted by atomic mass is 16.4. The molecular formula is C14H20N2O3. The highest BCUT2D eigenvalue weighted by Gasteiger charge is 2.14. The fourth-order valence-electron chi connectivity index (χ4n) is 1.71. The molecule has 0 spiro atoms. The lowest BCUT2D eigenvalue weighted by molar-refractivity contribution is -0.137. The number of rotatable bonds is 8. The number of carbonyl (C=O) groups excluding carboxylic acids is 1. The number of amides is 1. The van der Waals surface area contributed by atoms with E-state index in [0.29, 0.717) is 13.0 Å². The van der Waals surface area contributed by atoms with Gasteiger partial charge in [-0.3, -0.25) is 9.59 Å². The van der Waals surface area contributed by atoms with Crippen molar-refractivity contribution < 1.29 is 14.7 Å². The number of carbonyl (C=O) groups is 2. The summed E-state index contributed by atoms with van der Waals surface area (Å²) in [5.41, 5.74) is 6.61. The smallest absolute Gasteiger partial charge is 0.303 e. The number of nitrogens with one attached hydrogen (secondary N) is 1. The van der Waals surface area contributed by atoms with Crippen LogP contribution in [0.1, 0.15) is 37.3 Å². The van der Waals surface area contributed by atoms with Crippen LogP contribution >= 0.6 is 0 Å². The van der Waals surface area contributed by atoms with E-state index in [1.165, 1.54) is 0 Å². The Labute approximate surface area is 112 Å². The van der Waals surface area contributed by atoms with Crippen molar-refractivity contribution in [2.75, 3.05) is 6.54 Å². The molecular weight excluding hydrogens is 244 g/mol. The van der Waals surface area contributed by atoms with Gasteiger partial charge in [-0.25, -0.2) is 0 Å². The summed E-state index contributed by atoms with van der Waals surface area (Å²) in [6.07, 6.45) is 2.36. The van der Waals surface area contributed by atoms with Gasteiger partial charge >= 0.3 is 5.97 Å². The van der Waals surface area contributed by atoms with E-state index in [4.69, 9.17) is 10.8 Å². The second kappa shape index (κ2) is 8.26. The summed E-state index contributed by atoms with van der Waals surface area (Å²) in [6, 6.07) is 8.54. The number of unbranched alkanes of at least 4 members (excludes halogenated alkanes) is 2. The van der Waals surface area contributed by atoms with Crippen LogP contribution in [-0.4, -0.2) is 23.5 Å². The van der Waals surface area contributed by atoms with Gasteiger partial charge in [0.2, 0.25) is 5.91 Å². The SMILES string of the molecule is NC(C(=O)NCCCCCC(=O)O)c1ccccc1. The molecule has 0 saturated carbocycles. The number of carboxylic acids is 1. The number of hydrogen-bond acceptors (Lipinski definition) is 3. The number of carboxylic acid groups (broad SMARTS) is 1. The largest absolute Gasteiger partial charge is 0.481 e. The molecule has 1 atom stereocenters. The van der Waals surface area contributed by atoms with Crippen molar-refractivity contribution in [1.82, 2.24) is 5.32 Å². The normalized spacial score (nSPS) is 11.8. The molecule has 1 rings (SSSR count). The molecule has 1 aromatic carbocycles. The van der Waals surface area contributed by atoms with Crippen LogP contribution in [0.3, 0.4) is 0 Å². The fraction of sp³-hybridized carbons (Fsp3) is 0.429. The first-order valence-electron chi connectivity index (χ1n) is 6.41. The Morgan fingerprint density at radius 3 is 2.47 bits per heavy atom. The van der Waals surface area contributed by atoms with Crippen molar-refractivity contribution in [2.24, 2.45) is 5.73 Å². The van der Waals surface area contributed by atoms with Crippen LogP contribution in [0.2, 0.25) is 0 Å². The summed E-state index contributed by atoms with van der Waals surface area (Å²) in [7, 11) is 0. The summed E-state index contributed by atoms with van der Waals surface area (Å²) in [6.45, 7) is 0.527. The average molecular weight is 264 g/mol. The minimum Gasteiger partial charge on any atom is -0.481 e. The third-order valence-corrected chi connectivity index (χ3v) is 2.81. The molecule has 5 heteroatoms. The molecule has 0 fully saturated rings. The summed E-state index contributed by atoms with van der Waals surface area (Å²) < 4.78 is 0. The van der Waals surface area contributed by atoms with Gasteiger partial charge in [-0.2, -0.15) is 0 Å². The quantitative estimate of drug-likeness (QED) is 0.619. The Balaban J connectivity index is 2.19. The van der Waals surface area contributed by atoms with Crippen molar-refractivity contribution in [3.63, 3.8) is 0 Å². The van der Waals surface area contributed by atoms with Gasteiger partial charge in [0, 0.05) is 13.0 Å². The second-order valence-corrected chi connectivity index (χ2v) is 4.38. The van der Waals surface area contributed by atoms with Crippen LogP contribution in [-0.2, 0) is 9.59 Å². The minimum atomic E-state index is -0.782. The van der Waals surface area contributed by atoms with Gasteiger partial charge in [0.1, 0.15) is 6.04 Å². The Kier molecular flexibility index (Phi) is 6.60. The third kappa shape index (κ3) is 6.01. The molecule has 0 aliphatic heterocycles. The first kappa shape index (κ1) is 15.2.